The Morgan fingerprint density at radius 1 is 0.882 bits per heavy atom. The van der Waals surface area contributed by atoms with Gasteiger partial charge in [0.1, 0.15) is 5.75 Å². The third kappa shape index (κ3) is 7.90. The van der Waals surface area contributed by atoms with Crippen LogP contribution in [0.2, 0.25) is 0 Å². The van der Waals surface area contributed by atoms with Crippen molar-refractivity contribution >= 4 is 29.6 Å². The summed E-state index contributed by atoms with van der Waals surface area (Å²) in [5.74, 6) is -1.36. The van der Waals surface area contributed by atoms with Crippen molar-refractivity contribution in [2.75, 3.05) is 18.5 Å². The van der Waals surface area contributed by atoms with E-state index in [1.54, 1.807) is 36.4 Å². The third-order valence-corrected chi connectivity index (χ3v) is 4.81. The second kappa shape index (κ2) is 12.5. The van der Waals surface area contributed by atoms with E-state index in [1.807, 2.05) is 49.4 Å². The summed E-state index contributed by atoms with van der Waals surface area (Å²) in [6, 6.07) is 23.9. The van der Waals surface area contributed by atoms with Crippen molar-refractivity contribution in [3.8, 4) is 5.75 Å². The molecule has 34 heavy (non-hydrogen) atoms. The van der Waals surface area contributed by atoms with Gasteiger partial charge in [0.15, 0.2) is 6.61 Å². The molecule has 0 radical (unpaired) electrons. The Labute approximate surface area is 198 Å². The van der Waals surface area contributed by atoms with E-state index in [4.69, 9.17) is 4.74 Å². The van der Waals surface area contributed by atoms with Gasteiger partial charge in [-0.15, -0.1) is 0 Å². The largest absolute Gasteiger partial charge is 0.484 e. The van der Waals surface area contributed by atoms with Crippen LogP contribution in [0.1, 0.15) is 16.7 Å². The summed E-state index contributed by atoms with van der Waals surface area (Å²) in [7, 11) is 0. The van der Waals surface area contributed by atoms with Crippen LogP contribution in [0.4, 0.5) is 5.69 Å². The van der Waals surface area contributed by atoms with Gasteiger partial charge in [-0.25, -0.2) is 5.43 Å². The van der Waals surface area contributed by atoms with Gasteiger partial charge in [-0.2, -0.15) is 5.10 Å². The molecule has 8 nitrogen and oxygen atoms in total. The maximum absolute atomic E-state index is 12.0. The molecule has 3 amide bonds. The maximum Gasteiger partial charge on any atom is 0.329 e. The quantitative estimate of drug-likeness (QED) is 0.260. The van der Waals surface area contributed by atoms with Crippen molar-refractivity contribution in [3.63, 3.8) is 0 Å². The van der Waals surface area contributed by atoms with Gasteiger partial charge in [0.05, 0.1) is 6.21 Å². The van der Waals surface area contributed by atoms with E-state index in [9.17, 15) is 14.4 Å². The number of hydrogen-bond donors (Lipinski definition) is 3. The number of amides is 3. The molecule has 0 spiro atoms. The first-order valence-corrected chi connectivity index (χ1v) is 10.7. The van der Waals surface area contributed by atoms with Gasteiger partial charge in [0.25, 0.3) is 5.91 Å². The van der Waals surface area contributed by atoms with Crippen LogP contribution in [0.25, 0.3) is 0 Å². The predicted molar refractivity (Wildman–Crippen MR) is 131 cm³/mol. The number of para-hydroxylation sites is 1. The Kier molecular flexibility index (Phi) is 8.92. The summed E-state index contributed by atoms with van der Waals surface area (Å²) in [4.78, 5) is 35.8. The number of hydrogen-bond acceptors (Lipinski definition) is 5. The molecule has 0 atom stereocenters. The highest BCUT2D eigenvalue weighted by atomic mass is 16.5. The molecule has 3 rings (SSSR count). The van der Waals surface area contributed by atoms with Crippen molar-refractivity contribution < 1.29 is 19.1 Å². The van der Waals surface area contributed by atoms with Crippen LogP contribution < -0.4 is 20.8 Å². The van der Waals surface area contributed by atoms with Gasteiger partial charge in [0.2, 0.25) is 0 Å². The van der Waals surface area contributed by atoms with Gasteiger partial charge in [-0.3, -0.25) is 14.4 Å². The van der Waals surface area contributed by atoms with Gasteiger partial charge < -0.3 is 15.4 Å². The average molecular weight is 459 g/mol. The smallest absolute Gasteiger partial charge is 0.329 e. The van der Waals surface area contributed by atoms with Crippen LogP contribution >= 0.6 is 0 Å². The van der Waals surface area contributed by atoms with E-state index in [2.05, 4.69) is 21.2 Å². The minimum absolute atomic E-state index is 0.0890. The van der Waals surface area contributed by atoms with Gasteiger partial charge in [-0.05, 0) is 60.4 Å². The summed E-state index contributed by atoms with van der Waals surface area (Å²) >= 11 is 0. The summed E-state index contributed by atoms with van der Waals surface area (Å²) in [6.45, 7) is 2.28. The number of ether oxygens (including phenoxy) is 1. The Hall–Kier alpha value is -4.46. The normalized spacial score (nSPS) is 10.5. The minimum atomic E-state index is -0.877. The average Bonchev–Trinajstić information content (AvgIpc) is 2.85. The van der Waals surface area contributed by atoms with Crippen LogP contribution in [-0.4, -0.2) is 37.1 Å². The number of hydrazone groups is 1. The molecule has 0 fully saturated rings. The second-order valence-corrected chi connectivity index (χ2v) is 7.41. The molecule has 3 aromatic rings. The molecular formula is C26H26N4O4. The first kappa shape index (κ1) is 24.2. The first-order valence-electron chi connectivity index (χ1n) is 10.7. The standard InChI is InChI=1S/C26H26N4O4/c1-19-7-5-6-10-23(19)29-25(32)26(33)30-28-17-21-11-13-22(14-12-21)34-18-24(31)27-16-15-20-8-3-2-4-9-20/h2-14,17H,15-16,18H2,1H3,(H,27,31)(H,29,32)(H,30,33)/b28-17-. The SMILES string of the molecule is Cc1ccccc1NC(=O)C(=O)N/N=C\c1ccc(OCC(=O)NCCc2ccccc2)cc1. The zero-order valence-electron chi connectivity index (χ0n) is 18.8. The van der Waals surface area contributed by atoms with Crippen LogP contribution in [0.3, 0.4) is 0 Å². The molecule has 0 aromatic heterocycles. The number of aryl methyl sites for hydroxylation is 1. The van der Waals surface area contributed by atoms with E-state index in [0.717, 1.165) is 17.5 Å². The summed E-state index contributed by atoms with van der Waals surface area (Å²) in [5.41, 5.74) is 5.44. The third-order valence-electron chi connectivity index (χ3n) is 4.81. The number of rotatable bonds is 9. The monoisotopic (exact) mass is 458 g/mol. The Bertz CT molecular complexity index is 1140. The van der Waals surface area contributed by atoms with Crippen LogP contribution in [-0.2, 0) is 20.8 Å². The molecule has 174 valence electrons. The fraction of sp³-hybridized carbons (Fsp3) is 0.154. The summed E-state index contributed by atoms with van der Waals surface area (Å²) < 4.78 is 5.49. The Balaban J connectivity index is 1.37. The summed E-state index contributed by atoms with van der Waals surface area (Å²) in [5, 5.41) is 9.16. The molecular weight excluding hydrogens is 432 g/mol. The molecule has 0 aliphatic heterocycles. The molecule has 0 bridgehead atoms. The van der Waals surface area contributed by atoms with Crippen LogP contribution in [0, 0.1) is 6.92 Å². The fourth-order valence-electron chi connectivity index (χ4n) is 2.95. The van der Waals surface area contributed by atoms with E-state index in [-0.39, 0.29) is 12.5 Å². The lowest BCUT2D eigenvalue weighted by atomic mass is 10.1. The molecule has 3 aromatic carbocycles. The number of anilines is 1. The number of carbonyl (C=O) groups excluding carboxylic acids is 3. The topological polar surface area (TPSA) is 109 Å². The van der Waals surface area contributed by atoms with E-state index in [0.29, 0.717) is 23.5 Å². The first-order chi connectivity index (χ1) is 16.5. The van der Waals surface area contributed by atoms with Crippen molar-refractivity contribution in [3.05, 3.63) is 95.6 Å². The van der Waals surface area contributed by atoms with Crippen molar-refractivity contribution in [1.82, 2.24) is 10.7 Å². The number of carbonyl (C=O) groups is 3. The van der Waals surface area contributed by atoms with Crippen molar-refractivity contribution in [2.45, 2.75) is 13.3 Å². The lowest BCUT2D eigenvalue weighted by Crippen LogP contribution is -2.32. The van der Waals surface area contributed by atoms with Crippen LogP contribution in [0.15, 0.2) is 84.0 Å². The molecule has 8 heteroatoms. The van der Waals surface area contributed by atoms with E-state index < -0.39 is 11.8 Å². The van der Waals surface area contributed by atoms with Gasteiger partial charge in [-0.1, -0.05) is 48.5 Å². The van der Waals surface area contributed by atoms with E-state index in [1.165, 1.54) is 6.21 Å². The molecule has 0 heterocycles. The predicted octanol–water partition coefficient (Wildman–Crippen LogP) is 2.82. The number of benzene rings is 3. The fourth-order valence-corrected chi connectivity index (χ4v) is 2.95. The zero-order valence-corrected chi connectivity index (χ0v) is 18.8. The molecule has 0 saturated carbocycles. The van der Waals surface area contributed by atoms with E-state index >= 15 is 0 Å². The van der Waals surface area contributed by atoms with Gasteiger partial charge in [0, 0.05) is 12.2 Å². The summed E-state index contributed by atoms with van der Waals surface area (Å²) in [6.07, 6.45) is 2.16. The molecule has 0 aliphatic carbocycles. The highest BCUT2D eigenvalue weighted by Gasteiger charge is 2.13. The maximum atomic E-state index is 12.0. The molecule has 0 aliphatic rings. The lowest BCUT2D eigenvalue weighted by Gasteiger charge is -2.08. The molecule has 3 N–H and O–H groups in total. The Morgan fingerprint density at radius 3 is 2.32 bits per heavy atom. The lowest BCUT2D eigenvalue weighted by molar-refractivity contribution is -0.136. The highest BCUT2D eigenvalue weighted by molar-refractivity contribution is 6.39. The second-order valence-electron chi connectivity index (χ2n) is 7.41. The number of nitrogens with zero attached hydrogens (tertiary/aromatic N) is 1. The minimum Gasteiger partial charge on any atom is -0.484 e. The molecule has 0 unspecified atom stereocenters. The number of nitrogens with one attached hydrogen (secondary N) is 3. The van der Waals surface area contributed by atoms with Crippen molar-refractivity contribution in [1.29, 1.82) is 0 Å². The zero-order chi connectivity index (χ0) is 24.2. The highest BCUT2D eigenvalue weighted by Crippen LogP contribution is 2.13. The van der Waals surface area contributed by atoms with Gasteiger partial charge >= 0.3 is 11.8 Å². The van der Waals surface area contributed by atoms with Crippen molar-refractivity contribution in [2.24, 2.45) is 5.10 Å². The van der Waals surface area contributed by atoms with Crippen LogP contribution in [0.5, 0.6) is 5.75 Å². The Morgan fingerprint density at radius 2 is 1.59 bits per heavy atom. The molecule has 0 saturated heterocycles.